The number of ether oxygens (including phenoxy) is 2. The Morgan fingerprint density at radius 3 is 2.43 bits per heavy atom. The quantitative estimate of drug-likeness (QED) is 0.794. The van der Waals surface area contributed by atoms with E-state index in [0.717, 1.165) is 6.07 Å². The van der Waals surface area contributed by atoms with Crippen LogP contribution in [0.4, 0.5) is 10.1 Å². The lowest BCUT2D eigenvalue weighted by Gasteiger charge is -2.23. The van der Waals surface area contributed by atoms with Gasteiger partial charge in [0, 0.05) is 11.9 Å². The maximum atomic E-state index is 13.4. The van der Waals surface area contributed by atoms with Gasteiger partial charge in [-0.2, -0.15) is 0 Å². The van der Waals surface area contributed by atoms with Crippen LogP contribution in [0.25, 0.3) is 0 Å². The van der Waals surface area contributed by atoms with Gasteiger partial charge >= 0.3 is 11.9 Å². The van der Waals surface area contributed by atoms with Gasteiger partial charge in [0.2, 0.25) is 0 Å². The third kappa shape index (κ3) is 3.43. The molecule has 0 aromatic heterocycles. The number of esters is 2. The van der Waals surface area contributed by atoms with E-state index in [4.69, 9.17) is 21.1 Å². The Labute approximate surface area is 137 Å². The van der Waals surface area contributed by atoms with Crippen molar-refractivity contribution >= 4 is 29.2 Å². The van der Waals surface area contributed by atoms with Crippen molar-refractivity contribution in [2.45, 2.75) is 0 Å². The molecule has 0 fully saturated rings. The fraction of sp³-hybridized carbons (Fsp3) is 0.125. The number of carbonyl (C=O) groups excluding carboxylic acids is 2. The summed E-state index contributed by atoms with van der Waals surface area (Å²) in [6, 6.07) is 3.93. The van der Waals surface area contributed by atoms with Crippen LogP contribution < -0.4 is 4.90 Å². The molecule has 0 unspecified atom stereocenters. The second-order valence-electron chi connectivity index (χ2n) is 4.41. The van der Waals surface area contributed by atoms with Gasteiger partial charge in [-0.05, 0) is 30.4 Å². The zero-order chi connectivity index (χ0) is 17.0. The Kier molecular flexibility index (Phi) is 5.18. The summed E-state index contributed by atoms with van der Waals surface area (Å²) in [7, 11) is 2.40. The minimum absolute atomic E-state index is 0.00444. The Balaban J connectivity index is 2.65. The number of rotatable bonds is 3. The van der Waals surface area contributed by atoms with E-state index in [0.29, 0.717) is 5.69 Å². The molecule has 7 heteroatoms. The van der Waals surface area contributed by atoms with Gasteiger partial charge in [-0.25, -0.2) is 14.0 Å². The Morgan fingerprint density at radius 2 is 1.83 bits per heavy atom. The summed E-state index contributed by atoms with van der Waals surface area (Å²) in [6.07, 6.45) is 6.14. The van der Waals surface area contributed by atoms with Crippen LogP contribution in [0, 0.1) is 5.82 Å². The van der Waals surface area contributed by atoms with Gasteiger partial charge in [0.05, 0.1) is 24.8 Å². The van der Waals surface area contributed by atoms with E-state index in [2.05, 4.69) is 0 Å². The van der Waals surface area contributed by atoms with E-state index in [1.807, 2.05) is 0 Å². The summed E-state index contributed by atoms with van der Waals surface area (Å²) < 4.78 is 22.8. The highest BCUT2D eigenvalue weighted by atomic mass is 35.5. The van der Waals surface area contributed by atoms with Gasteiger partial charge in [0.1, 0.15) is 11.5 Å². The van der Waals surface area contributed by atoms with Gasteiger partial charge in [-0.15, -0.1) is 0 Å². The molecular formula is C16H13ClFNO4. The Hall–Kier alpha value is -2.60. The maximum absolute atomic E-state index is 13.4. The third-order valence-corrected chi connectivity index (χ3v) is 3.36. The molecule has 0 spiro atoms. The third-order valence-electron chi connectivity index (χ3n) is 3.07. The summed E-state index contributed by atoms with van der Waals surface area (Å²) in [5.74, 6) is -2.05. The lowest BCUT2D eigenvalue weighted by Crippen LogP contribution is -2.27. The lowest BCUT2D eigenvalue weighted by atomic mass is 10.1. The monoisotopic (exact) mass is 337 g/mol. The van der Waals surface area contributed by atoms with Crippen molar-refractivity contribution in [3.05, 3.63) is 64.7 Å². The van der Waals surface area contributed by atoms with Crippen LogP contribution >= 0.6 is 11.6 Å². The summed E-state index contributed by atoms with van der Waals surface area (Å²) in [4.78, 5) is 25.5. The molecule has 1 aromatic rings. The smallest absolute Gasteiger partial charge is 0.355 e. The molecule has 0 bridgehead atoms. The fourth-order valence-electron chi connectivity index (χ4n) is 2.00. The average Bonchev–Trinajstić information content (AvgIpc) is 2.78. The first-order valence-electron chi connectivity index (χ1n) is 6.49. The van der Waals surface area contributed by atoms with Crippen molar-refractivity contribution in [3.63, 3.8) is 0 Å². The topological polar surface area (TPSA) is 55.8 Å². The van der Waals surface area contributed by atoms with Crippen LogP contribution in [-0.4, -0.2) is 26.2 Å². The van der Waals surface area contributed by atoms with Gasteiger partial charge in [0.25, 0.3) is 0 Å². The van der Waals surface area contributed by atoms with E-state index < -0.39 is 17.8 Å². The first-order valence-corrected chi connectivity index (χ1v) is 6.87. The summed E-state index contributed by atoms with van der Waals surface area (Å²) in [5.41, 5.74) is 0.329. The van der Waals surface area contributed by atoms with Gasteiger partial charge in [-0.3, -0.25) is 0 Å². The predicted molar refractivity (Wildman–Crippen MR) is 83.2 cm³/mol. The number of methoxy groups -OCH3 is 2. The van der Waals surface area contributed by atoms with E-state index in [-0.39, 0.29) is 16.3 Å². The predicted octanol–water partition coefficient (Wildman–Crippen LogP) is 2.97. The van der Waals surface area contributed by atoms with Crippen LogP contribution in [0.5, 0.6) is 0 Å². The van der Waals surface area contributed by atoms with E-state index in [1.165, 1.54) is 43.5 Å². The fourth-order valence-corrected chi connectivity index (χ4v) is 2.18. The van der Waals surface area contributed by atoms with Crippen molar-refractivity contribution in [2.75, 3.05) is 19.1 Å². The second-order valence-corrected chi connectivity index (χ2v) is 4.82. The average molecular weight is 338 g/mol. The van der Waals surface area contributed by atoms with Crippen molar-refractivity contribution in [1.29, 1.82) is 0 Å². The zero-order valence-electron chi connectivity index (χ0n) is 12.4. The van der Waals surface area contributed by atoms with Crippen LogP contribution in [0.1, 0.15) is 0 Å². The standard InChI is InChI=1S/C16H13ClFNO4/c1-22-15(20)11-5-3-4-8-19(14(11)16(21)23-2)10-6-7-13(18)12(17)9-10/h3-9H,1-2H3. The number of hydrogen-bond acceptors (Lipinski definition) is 5. The van der Waals surface area contributed by atoms with Crippen LogP contribution in [0.2, 0.25) is 5.02 Å². The number of hydrogen-bond donors (Lipinski definition) is 0. The molecular weight excluding hydrogens is 325 g/mol. The molecule has 2 rings (SSSR count). The molecule has 0 saturated heterocycles. The number of nitrogens with zero attached hydrogens (tertiary/aromatic N) is 1. The van der Waals surface area contributed by atoms with Gasteiger partial charge in [0.15, 0.2) is 0 Å². The van der Waals surface area contributed by atoms with E-state index in [1.54, 1.807) is 12.2 Å². The molecule has 5 nitrogen and oxygen atoms in total. The normalized spacial score (nSPS) is 13.8. The van der Waals surface area contributed by atoms with Crippen molar-refractivity contribution in [2.24, 2.45) is 0 Å². The number of anilines is 1. The van der Waals surface area contributed by atoms with Crippen LogP contribution in [0.3, 0.4) is 0 Å². The molecule has 1 heterocycles. The van der Waals surface area contributed by atoms with Gasteiger partial charge < -0.3 is 14.4 Å². The summed E-state index contributed by atoms with van der Waals surface area (Å²) in [5, 5.41) is -0.114. The highest BCUT2D eigenvalue weighted by molar-refractivity contribution is 6.31. The van der Waals surface area contributed by atoms with E-state index >= 15 is 0 Å². The molecule has 0 atom stereocenters. The molecule has 23 heavy (non-hydrogen) atoms. The largest absolute Gasteiger partial charge is 0.465 e. The van der Waals surface area contributed by atoms with Crippen molar-refractivity contribution in [1.82, 2.24) is 0 Å². The summed E-state index contributed by atoms with van der Waals surface area (Å²) >= 11 is 5.80. The minimum Gasteiger partial charge on any atom is -0.465 e. The summed E-state index contributed by atoms with van der Waals surface area (Å²) in [6.45, 7) is 0. The minimum atomic E-state index is -0.748. The SMILES string of the molecule is COC(=O)C1=C(C(=O)OC)N(c2ccc(F)c(Cl)c2)C=CC=C1. The number of benzene rings is 1. The van der Waals surface area contributed by atoms with Gasteiger partial charge in [-0.1, -0.05) is 17.7 Å². The first kappa shape index (κ1) is 16.8. The molecule has 1 aromatic carbocycles. The molecule has 120 valence electrons. The van der Waals surface area contributed by atoms with Crippen LogP contribution in [-0.2, 0) is 19.1 Å². The number of carbonyl (C=O) groups is 2. The molecule has 0 saturated carbocycles. The Morgan fingerprint density at radius 1 is 1.13 bits per heavy atom. The van der Waals surface area contributed by atoms with Crippen LogP contribution in [0.15, 0.2) is 53.9 Å². The molecule has 0 N–H and O–H groups in total. The highest BCUT2D eigenvalue weighted by Crippen LogP contribution is 2.29. The maximum Gasteiger partial charge on any atom is 0.355 e. The van der Waals surface area contributed by atoms with E-state index in [9.17, 15) is 14.0 Å². The molecule has 1 aliphatic heterocycles. The first-order chi connectivity index (χ1) is 11.0. The highest BCUT2D eigenvalue weighted by Gasteiger charge is 2.27. The Bertz CT molecular complexity index is 740. The number of halogens is 2. The number of allylic oxidation sites excluding steroid dienone is 2. The molecule has 0 radical (unpaired) electrons. The van der Waals surface area contributed by atoms with Crippen molar-refractivity contribution < 1.29 is 23.5 Å². The lowest BCUT2D eigenvalue weighted by molar-refractivity contribution is -0.139. The molecule has 1 aliphatic rings. The molecule has 0 aliphatic carbocycles. The molecule has 0 amide bonds. The zero-order valence-corrected chi connectivity index (χ0v) is 13.1. The van der Waals surface area contributed by atoms with Crippen molar-refractivity contribution in [3.8, 4) is 0 Å². The second kappa shape index (κ2) is 7.11.